The zero-order chi connectivity index (χ0) is 60.6. The van der Waals surface area contributed by atoms with Gasteiger partial charge in [-0.15, -0.1) is 0 Å². The molecule has 1 amide bonds. The monoisotopic (exact) mass is 1180 g/mol. The SMILES string of the molecule is CCCCCCCCCCCCC/C=C/C(O)C(CO)NC(=O)CCCCCCCCCCCCCCCCCCC/C=C\C/C=C\CCCCCCCCCCCCCCCOC(=O)CCCCCCCCCCCCCCCCCCC. The molecule has 0 bridgehead atoms. The summed E-state index contributed by atoms with van der Waals surface area (Å²) in [4.78, 5) is 24.6. The number of carbonyl (C=O) groups is 2. The van der Waals surface area contributed by atoms with E-state index in [2.05, 4.69) is 43.5 Å². The van der Waals surface area contributed by atoms with Crippen LogP contribution in [0.15, 0.2) is 36.5 Å². The molecule has 84 heavy (non-hydrogen) atoms. The maximum atomic E-state index is 12.5. The highest BCUT2D eigenvalue weighted by atomic mass is 16.5. The van der Waals surface area contributed by atoms with Gasteiger partial charge in [0.2, 0.25) is 5.91 Å². The van der Waals surface area contributed by atoms with Gasteiger partial charge in [0.1, 0.15) is 0 Å². The first-order valence-electron chi connectivity index (χ1n) is 38.3. The quantitative estimate of drug-likeness (QED) is 0.0320. The lowest BCUT2D eigenvalue weighted by atomic mass is 10.0. The highest BCUT2D eigenvalue weighted by molar-refractivity contribution is 5.76. The summed E-state index contributed by atoms with van der Waals surface area (Å²) >= 11 is 0. The molecule has 0 aromatic rings. The molecule has 3 N–H and O–H groups in total. The predicted octanol–water partition coefficient (Wildman–Crippen LogP) is 25.0. The zero-order valence-corrected chi connectivity index (χ0v) is 56.9. The second kappa shape index (κ2) is 73.5. The highest BCUT2D eigenvalue weighted by Gasteiger charge is 2.18. The first-order valence-corrected chi connectivity index (χ1v) is 38.3. The van der Waals surface area contributed by atoms with Crippen molar-refractivity contribution in [3.8, 4) is 0 Å². The number of hydrogen-bond donors (Lipinski definition) is 3. The summed E-state index contributed by atoms with van der Waals surface area (Å²) in [6.07, 6.45) is 95.5. The van der Waals surface area contributed by atoms with E-state index in [-0.39, 0.29) is 18.5 Å². The fourth-order valence-electron chi connectivity index (χ4n) is 12.1. The fraction of sp³-hybridized carbons (Fsp3) is 0.897. The molecule has 0 aromatic heterocycles. The van der Waals surface area contributed by atoms with Gasteiger partial charge < -0.3 is 20.3 Å². The summed E-state index contributed by atoms with van der Waals surface area (Å²) in [6, 6.07) is -0.625. The molecule has 0 radical (unpaired) electrons. The van der Waals surface area contributed by atoms with Gasteiger partial charge in [0, 0.05) is 12.8 Å². The molecule has 6 nitrogen and oxygen atoms in total. The van der Waals surface area contributed by atoms with E-state index in [9.17, 15) is 19.8 Å². The van der Waals surface area contributed by atoms with Crippen LogP contribution in [0.25, 0.3) is 0 Å². The molecule has 0 heterocycles. The molecule has 2 atom stereocenters. The second-order valence-electron chi connectivity index (χ2n) is 26.3. The topological polar surface area (TPSA) is 95.9 Å². The minimum atomic E-state index is -0.842. The van der Waals surface area contributed by atoms with Crippen LogP contribution in [0, 0.1) is 0 Å². The van der Waals surface area contributed by atoms with Crippen molar-refractivity contribution in [1.29, 1.82) is 0 Å². The zero-order valence-electron chi connectivity index (χ0n) is 56.9. The van der Waals surface area contributed by atoms with Gasteiger partial charge in [0.25, 0.3) is 0 Å². The number of ether oxygens (including phenoxy) is 1. The van der Waals surface area contributed by atoms with Crippen molar-refractivity contribution in [2.75, 3.05) is 13.2 Å². The normalized spacial score (nSPS) is 12.7. The second-order valence-corrected chi connectivity index (χ2v) is 26.3. The van der Waals surface area contributed by atoms with E-state index < -0.39 is 12.1 Å². The van der Waals surface area contributed by atoms with Gasteiger partial charge >= 0.3 is 5.97 Å². The van der Waals surface area contributed by atoms with Crippen molar-refractivity contribution >= 4 is 11.9 Å². The molecule has 0 aliphatic carbocycles. The predicted molar refractivity (Wildman–Crippen MR) is 370 cm³/mol. The van der Waals surface area contributed by atoms with Gasteiger partial charge in [-0.25, -0.2) is 0 Å². The summed E-state index contributed by atoms with van der Waals surface area (Å²) in [7, 11) is 0. The van der Waals surface area contributed by atoms with E-state index in [0.717, 1.165) is 44.9 Å². The standard InChI is InChI=1S/C78H149NO5/c1-3-5-7-9-11-13-15-17-18-40-44-48-52-56-60-64-68-72-78(83)84-73-69-65-61-57-53-49-45-42-39-37-35-33-31-29-27-25-23-21-19-20-22-24-26-28-30-32-34-36-38-41-43-47-51-55-59-63-67-71-77(82)79-75(74-80)76(81)70-66-62-58-54-50-46-16-14-12-10-8-6-4-2/h19,21,25,27,66,70,75-76,80-81H,3-18,20,22-24,26,28-65,67-69,71-74H2,1-2H3,(H,79,82)/b21-19-,27-25-,70-66+. The molecule has 6 heteroatoms. The van der Waals surface area contributed by atoms with E-state index in [1.807, 2.05) is 6.08 Å². The van der Waals surface area contributed by atoms with E-state index in [0.29, 0.717) is 19.4 Å². The van der Waals surface area contributed by atoms with Gasteiger partial charge in [-0.05, 0) is 64.2 Å². The maximum Gasteiger partial charge on any atom is 0.305 e. The van der Waals surface area contributed by atoms with Crippen LogP contribution >= 0.6 is 0 Å². The van der Waals surface area contributed by atoms with Crippen LogP contribution in [0.5, 0.6) is 0 Å². The number of unbranched alkanes of at least 4 members (excludes halogenated alkanes) is 57. The highest BCUT2D eigenvalue weighted by Crippen LogP contribution is 2.19. The van der Waals surface area contributed by atoms with Gasteiger partial charge in [0.15, 0.2) is 0 Å². The summed E-state index contributed by atoms with van der Waals surface area (Å²) in [6.45, 7) is 4.94. The summed E-state index contributed by atoms with van der Waals surface area (Å²) in [5.74, 6) is -0.0406. The number of nitrogens with one attached hydrogen (secondary N) is 1. The van der Waals surface area contributed by atoms with Crippen molar-refractivity contribution < 1.29 is 24.5 Å². The number of hydrogen-bond acceptors (Lipinski definition) is 5. The van der Waals surface area contributed by atoms with E-state index >= 15 is 0 Å². The van der Waals surface area contributed by atoms with Crippen LogP contribution in [-0.2, 0) is 14.3 Å². The maximum absolute atomic E-state index is 12.5. The molecule has 0 fully saturated rings. The minimum absolute atomic E-state index is 0.0231. The van der Waals surface area contributed by atoms with E-state index in [4.69, 9.17) is 4.74 Å². The number of esters is 1. The van der Waals surface area contributed by atoms with E-state index in [1.54, 1.807) is 6.08 Å². The lowest BCUT2D eigenvalue weighted by molar-refractivity contribution is -0.143. The van der Waals surface area contributed by atoms with Gasteiger partial charge in [-0.2, -0.15) is 0 Å². The minimum Gasteiger partial charge on any atom is -0.466 e. The third-order valence-electron chi connectivity index (χ3n) is 17.9. The van der Waals surface area contributed by atoms with Crippen LogP contribution in [0.2, 0.25) is 0 Å². The average Bonchev–Trinajstić information content (AvgIpc) is 3.51. The largest absolute Gasteiger partial charge is 0.466 e. The number of aliphatic hydroxyl groups excluding tert-OH is 2. The van der Waals surface area contributed by atoms with Crippen molar-refractivity contribution in [2.45, 2.75) is 437 Å². The van der Waals surface area contributed by atoms with Crippen LogP contribution in [0.4, 0.5) is 0 Å². The van der Waals surface area contributed by atoms with Crippen molar-refractivity contribution in [3.63, 3.8) is 0 Å². The van der Waals surface area contributed by atoms with Gasteiger partial charge in [-0.3, -0.25) is 9.59 Å². The Labute approximate surface area is 525 Å². The molecule has 0 saturated heterocycles. The Morgan fingerprint density at radius 3 is 0.905 bits per heavy atom. The summed E-state index contributed by atoms with van der Waals surface area (Å²) in [5, 5.41) is 23.1. The smallest absolute Gasteiger partial charge is 0.305 e. The number of amides is 1. The molecule has 0 aromatic carbocycles. The number of carbonyl (C=O) groups excluding carboxylic acids is 2. The third kappa shape index (κ3) is 69.2. The molecule has 0 rings (SSSR count). The van der Waals surface area contributed by atoms with Crippen LogP contribution in [0.3, 0.4) is 0 Å². The van der Waals surface area contributed by atoms with Crippen molar-refractivity contribution in [3.05, 3.63) is 36.5 Å². The molecule has 0 spiro atoms. The first-order chi connectivity index (χ1) is 41.5. The van der Waals surface area contributed by atoms with Gasteiger partial charge in [0.05, 0.1) is 25.4 Å². The van der Waals surface area contributed by atoms with E-state index in [1.165, 1.54) is 353 Å². The van der Waals surface area contributed by atoms with Crippen LogP contribution in [-0.4, -0.2) is 47.4 Å². The Balaban J connectivity index is 3.35. The van der Waals surface area contributed by atoms with Gasteiger partial charge in [-0.1, -0.05) is 384 Å². The Morgan fingerprint density at radius 1 is 0.333 bits per heavy atom. The molecular formula is C78H149NO5. The average molecular weight is 1180 g/mol. The molecule has 0 aliphatic heterocycles. The molecule has 2 unspecified atom stereocenters. The third-order valence-corrected chi connectivity index (χ3v) is 17.9. The van der Waals surface area contributed by atoms with Crippen molar-refractivity contribution in [1.82, 2.24) is 5.32 Å². The van der Waals surface area contributed by atoms with Crippen molar-refractivity contribution in [2.24, 2.45) is 0 Å². The molecular weight excluding hydrogens is 1030 g/mol. The fourth-order valence-corrected chi connectivity index (χ4v) is 12.1. The summed E-state index contributed by atoms with van der Waals surface area (Å²) < 4.78 is 5.51. The Hall–Kier alpha value is -1.92. The number of aliphatic hydroxyl groups is 2. The molecule has 0 aliphatic rings. The Morgan fingerprint density at radius 2 is 0.595 bits per heavy atom. The lowest BCUT2D eigenvalue weighted by Crippen LogP contribution is -2.45. The first kappa shape index (κ1) is 82.1. The summed E-state index contributed by atoms with van der Waals surface area (Å²) in [5.41, 5.74) is 0. The Kier molecular flexibility index (Phi) is 71.9. The number of allylic oxidation sites excluding steroid dienone is 5. The lowest BCUT2D eigenvalue weighted by Gasteiger charge is -2.20. The Bertz CT molecular complexity index is 1360. The molecule has 496 valence electrons. The molecule has 0 saturated carbocycles. The van der Waals surface area contributed by atoms with Crippen LogP contribution in [0.1, 0.15) is 425 Å². The number of rotatable bonds is 72. The van der Waals surface area contributed by atoms with Crippen LogP contribution < -0.4 is 5.32 Å².